The second-order valence-electron chi connectivity index (χ2n) is 5.55. The van der Waals surface area contributed by atoms with Crippen LogP contribution in [0.2, 0.25) is 0 Å². The third-order valence-electron chi connectivity index (χ3n) is 3.87. The minimum Gasteiger partial charge on any atom is -0.394 e. The normalized spacial score (nSPS) is 30.4. The third-order valence-corrected chi connectivity index (χ3v) is 3.87. The van der Waals surface area contributed by atoms with E-state index in [0.717, 1.165) is 5.56 Å². The number of hydrogen-bond acceptors (Lipinski definition) is 8. The lowest BCUT2D eigenvalue weighted by molar-refractivity contribution is -0.305. The quantitative estimate of drug-likeness (QED) is 0.584. The molecule has 1 fully saturated rings. The van der Waals surface area contributed by atoms with Gasteiger partial charge in [0.05, 0.1) is 6.61 Å². The smallest absolute Gasteiger partial charge is 0.187 e. The zero-order chi connectivity index (χ0) is 17.1. The molecule has 0 aliphatic carbocycles. The molecule has 1 saturated heterocycles. The number of aromatic nitrogens is 1. The van der Waals surface area contributed by atoms with E-state index < -0.39 is 37.3 Å². The summed E-state index contributed by atoms with van der Waals surface area (Å²) < 4.78 is 15.8. The van der Waals surface area contributed by atoms with Crippen LogP contribution in [0.4, 0.5) is 0 Å². The second-order valence-corrected chi connectivity index (χ2v) is 5.55. The highest BCUT2D eigenvalue weighted by Gasteiger charge is 2.44. The summed E-state index contributed by atoms with van der Waals surface area (Å²) in [5.41, 5.74) is 1.53. The first-order chi connectivity index (χ1) is 11.6. The van der Waals surface area contributed by atoms with E-state index in [-0.39, 0.29) is 6.61 Å². The van der Waals surface area contributed by atoms with Gasteiger partial charge in [-0.1, -0.05) is 35.5 Å². The summed E-state index contributed by atoms with van der Waals surface area (Å²) in [6.45, 7) is -0.562. The first-order valence-electron chi connectivity index (χ1n) is 7.53. The SMILES string of the molecule is OC[C@H]1O[C@H](OCc2cc(-c3ccccc3)no2)[C@H](O)[C@@H](O)[C@@H]1O. The van der Waals surface area contributed by atoms with Gasteiger partial charge in [0.25, 0.3) is 0 Å². The highest BCUT2D eigenvalue weighted by Crippen LogP contribution is 2.24. The number of benzene rings is 1. The van der Waals surface area contributed by atoms with Gasteiger partial charge in [-0.15, -0.1) is 0 Å². The maximum absolute atomic E-state index is 9.89. The van der Waals surface area contributed by atoms with Crippen molar-refractivity contribution >= 4 is 0 Å². The van der Waals surface area contributed by atoms with Crippen LogP contribution >= 0.6 is 0 Å². The fraction of sp³-hybridized carbons (Fsp3) is 0.438. The molecule has 3 rings (SSSR count). The molecule has 4 N–H and O–H groups in total. The Kier molecular flexibility index (Phi) is 5.24. The third kappa shape index (κ3) is 3.48. The van der Waals surface area contributed by atoms with Crippen LogP contribution in [0, 0.1) is 0 Å². The molecule has 8 nitrogen and oxygen atoms in total. The topological polar surface area (TPSA) is 125 Å². The van der Waals surface area contributed by atoms with Crippen molar-refractivity contribution in [3.05, 3.63) is 42.2 Å². The summed E-state index contributed by atoms with van der Waals surface area (Å²) in [5.74, 6) is 0.408. The molecule has 0 bridgehead atoms. The summed E-state index contributed by atoms with van der Waals surface area (Å²) in [4.78, 5) is 0. The monoisotopic (exact) mass is 337 g/mol. The van der Waals surface area contributed by atoms with Crippen LogP contribution < -0.4 is 0 Å². The molecule has 24 heavy (non-hydrogen) atoms. The predicted octanol–water partition coefficient (Wildman–Crippen LogP) is -0.342. The van der Waals surface area contributed by atoms with Gasteiger partial charge in [-0.25, -0.2) is 0 Å². The van der Waals surface area contributed by atoms with Gasteiger partial charge in [0.2, 0.25) is 0 Å². The highest BCUT2D eigenvalue weighted by molar-refractivity contribution is 5.58. The minimum absolute atomic E-state index is 0.0531. The van der Waals surface area contributed by atoms with E-state index in [1.165, 1.54) is 0 Å². The number of rotatable bonds is 5. The molecule has 1 aliphatic heterocycles. The largest absolute Gasteiger partial charge is 0.394 e. The number of aliphatic hydroxyl groups excluding tert-OH is 4. The highest BCUT2D eigenvalue weighted by atomic mass is 16.7. The van der Waals surface area contributed by atoms with Crippen molar-refractivity contribution in [2.75, 3.05) is 6.61 Å². The molecular formula is C16H19NO7. The van der Waals surface area contributed by atoms with Crippen molar-refractivity contribution in [2.45, 2.75) is 37.3 Å². The molecule has 1 aliphatic rings. The predicted molar refractivity (Wildman–Crippen MR) is 80.5 cm³/mol. The maximum Gasteiger partial charge on any atom is 0.187 e. The Labute approximate surface area is 137 Å². The van der Waals surface area contributed by atoms with Gasteiger partial charge < -0.3 is 34.4 Å². The standard InChI is InChI=1S/C16H19NO7/c18-7-12-13(19)14(20)15(21)16(23-12)22-8-10-6-11(17-24-10)9-4-2-1-3-5-9/h1-6,12-16,18-21H,7-8H2/t12-,13-,14+,15-,16+/m1/s1. The molecule has 2 heterocycles. The van der Waals surface area contributed by atoms with Crippen LogP contribution in [0.15, 0.2) is 40.9 Å². The van der Waals surface area contributed by atoms with Crippen molar-refractivity contribution in [3.63, 3.8) is 0 Å². The van der Waals surface area contributed by atoms with Crippen molar-refractivity contribution in [2.24, 2.45) is 0 Å². The molecule has 0 spiro atoms. The number of ether oxygens (including phenoxy) is 2. The molecule has 5 atom stereocenters. The molecule has 130 valence electrons. The summed E-state index contributed by atoms with van der Waals surface area (Å²) in [5, 5.41) is 42.4. The first kappa shape index (κ1) is 17.0. The molecule has 0 saturated carbocycles. The zero-order valence-electron chi connectivity index (χ0n) is 12.7. The Morgan fingerprint density at radius 2 is 1.79 bits per heavy atom. The fourth-order valence-corrected chi connectivity index (χ4v) is 2.50. The average Bonchev–Trinajstić information content (AvgIpc) is 3.09. The van der Waals surface area contributed by atoms with E-state index in [2.05, 4.69) is 5.16 Å². The summed E-state index contributed by atoms with van der Waals surface area (Å²) in [6.07, 6.45) is -6.55. The molecular weight excluding hydrogens is 318 g/mol. The van der Waals surface area contributed by atoms with E-state index in [4.69, 9.17) is 19.1 Å². The summed E-state index contributed by atoms with van der Waals surface area (Å²) in [7, 11) is 0. The second kappa shape index (κ2) is 7.39. The first-order valence-corrected chi connectivity index (χ1v) is 7.53. The van der Waals surface area contributed by atoms with E-state index in [0.29, 0.717) is 11.5 Å². The molecule has 2 aromatic rings. The van der Waals surface area contributed by atoms with E-state index in [1.807, 2.05) is 30.3 Å². The molecule has 0 amide bonds. The van der Waals surface area contributed by atoms with Crippen molar-refractivity contribution in [1.29, 1.82) is 0 Å². The average molecular weight is 337 g/mol. The van der Waals surface area contributed by atoms with E-state index in [9.17, 15) is 15.3 Å². The Balaban J connectivity index is 1.62. The van der Waals surface area contributed by atoms with Crippen molar-refractivity contribution in [1.82, 2.24) is 5.16 Å². The van der Waals surface area contributed by atoms with E-state index >= 15 is 0 Å². The lowest BCUT2D eigenvalue weighted by Crippen LogP contribution is -2.59. The Bertz CT molecular complexity index is 645. The van der Waals surface area contributed by atoms with Gasteiger partial charge in [-0.05, 0) is 0 Å². The molecule has 1 aromatic carbocycles. The molecule has 1 aromatic heterocycles. The van der Waals surface area contributed by atoms with Crippen LogP contribution in [0.1, 0.15) is 5.76 Å². The number of aliphatic hydroxyl groups is 4. The lowest BCUT2D eigenvalue weighted by Gasteiger charge is -2.39. The van der Waals surface area contributed by atoms with Gasteiger partial charge in [-0.2, -0.15) is 0 Å². The minimum atomic E-state index is -1.48. The van der Waals surface area contributed by atoms with E-state index in [1.54, 1.807) is 6.07 Å². The maximum atomic E-state index is 9.89. The van der Waals surface area contributed by atoms with Crippen LogP contribution in [0.3, 0.4) is 0 Å². The molecule has 8 heteroatoms. The fourth-order valence-electron chi connectivity index (χ4n) is 2.50. The molecule has 0 unspecified atom stereocenters. The Hall–Kier alpha value is -1.81. The van der Waals surface area contributed by atoms with Gasteiger partial charge in [0, 0.05) is 11.6 Å². The number of nitrogens with zero attached hydrogens (tertiary/aromatic N) is 1. The number of hydrogen-bond donors (Lipinski definition) is 4. The van der Waals surface area contributed by atoms with Crippen LogP contribution in [0.25, 0.3) is 11.3 Å². The molecule has 0 radical (unpaired) electrons. The van der Waals surface area contributed by atoms with Gasteiger partial charge in [0.15, 0.2) is 12.1 Å². The van der Waals surface area contributed by atoms with Crippen LogP contribution in [-0.2, 0) is 16.1 Å². The van der Waals surface area contributed by atoms with Crippen LogP contribution in [0.5, 0.6) is 0 Å². The van der Waals surface area contributed by atoms with Gasteiger partial charge >= 0.3 is 0 Å². The summed E-state index contributed by atoms with van der Waals surface area (Å²) >= 11 is 0. The Morgan fingerprint density at radius 1 is 1.04 bits per heavy atom. The zero-order valence-corrected chi connectivity index (χ0v) is 12.7. The summed E-state index contributed by atoms with van der Waals surface area (Å²) in [6, 6.07) is 11.1. The van der Waals surface area contributed by atoms with Gasteiger partial charge in [0.1, 0.15) is 36.7 Å². The van der Waals surface area contributed by atoms with Crippen molar-refractivity contribution in [3.8, 4) is 11.3 Å². The van der Waals surface area contributed by atoms with Crippen LogP contribution in [-0.4, -0.2) is 62.9 Å². The Morgan fingerprint density at radius 3 is 2.50 bits per heavy atom. The van der Waals surface area contributed by atoms with Gasteiger partial charge in [-0.3, -0.25) is 0 Å². The van der Waals surface area contributed by atoms with Crippen molar-refractivity contribution < 1.29 is 34.4 Å². The lowest BCUT2D eigenvalue weighted by atomic mass is 9.99.